The van der Waals surface area contributed by atoms with Gasteiger partial charge in [0.2, 0.25) is 0 Å². The van der Waals surface area contributed by atoms with Gasteiger partial charge in [-0.1, -0.05) is 6.07 Å². The van der Waals surface area contributed by atoms with E-state index in [9.17, 15) is 13.2 Å². The summed E-state index contributed by atoms with van der Waals surface area (Å²) in [4.78, 5) is 16.3. The predicted octanol–water partition coefficient (Wildman–Crippen LogP) is 1.57. The van der Waals surface area contributed by atoms with Crippen LogP contribution in [0.25, 0.3) is 0 Å². The van der Waals surface area contributed by atoms with E-state index < -0.39 is 15.1 Å². The first-order valence-corrected chi connectivity index (χ1v) is 9.38. The van der Waals surface area contributed by atoms with E-state index in [4.69, 9.17) is 0 Å². The van der Waals surface area contributed by atoms with Crippen molar-refractivity contribution in [1.29, 1.82) is 0 Å². The molecule has 1 amide bonds. The SMILES string of the molecule is C[C@H]([C@@H](C)S(C)(=O)=O)N(C)C(=O)c1ccc2c(c1)N(C)CC2. The summed E-state index contributed by atoms with van der Waals surface area (Å²) in [5.74, 6) is -0.147. The van der Waals surface area contributed by atoms with Crippen molar-refractivity contribution in [2.45, 2.75) is 31.6 Å². The predicted molar refractivity (Wildman–Crippen MR) is 89.3 cm³/mol. The molecule has 1 aliphatic rings. The minimum Gasteiger partial charge on any atom is -0.374 e. The maximum atomic E-state index is 12.6. The normalized spacial score (nSPS) is 17.0. The molecule has 0 aromatic heterocycles. The molecule has 122 valence electrons. The molecule has 0 fully saturated rings. The van der Waals surface area contributed by atoms with Crippen LogP contribution in [0.1, 0.15) is 29.8 Å². The van der Waals surface area contributed by atoms with E-state index in [1.54, 1.807) is 20.9 Å². The topological polar surface area (TPSA) is 57.7 Å². The summed E-state index contributed by atoms with van der Waals surface area (Å²) in [6, 6.07) is 5.34. The fraction of sp³-hybridized carbons (Fsp3) is 0.562. The van der Waals surface area contributed by atoms with Crippen LogP contribution in [0.15, 0.2) is 18.2 Å². The third-order valence-corrected chi connectivity index (χ3v) is 6.49. The second kappa shape index (κ2) is 5.91. The van der Waals surface area contributed by atoms with Crippen molar-refractivity contribution < 1.29 is 13.2 Å². The van der Waals surface area contributed by atoms with Crippen LogP contribution in [0.4, 0.5) is 5.69 Å². The summed E-state index contributed by atoms with van der Waals surface area (Å²) >= 11 is 0. The quantitative estimate of drug-likeness (QED) is 0.844. The third kappa shape index (κ3) is 3.11. The molecule has 0 bridgehead atoms. The zero-order valence-corrected chi connectivity index (χ0v) is 14.6. The zero-order chi connectivity index (χ0) is 16.7. The molecule has 0 saturated carbocycles. The molecule has 2 atom stereocenters. The van der Waals surface area contributed by atoms with E-state index in [1.807, 2.05) is 25.2 Å². The smallest absolute Gasteiger partial charge is 0.253 e. The Bertz CT molecular complexity index is 685. The van der Waals surface area contributed by atoms with Gasteiger partial charge in [0.25, 0.3) is 5.91 Å². The van der Waals surface area contributed by atoms with Gasteiger partial charge in [-0.05, 0) is 38.0 Å². The standard InChI is InChI=1S/C16H24N2O3S/c1-11(12(2)22(5,20)21)18(4)16(19)14-7-6-13-8-9-17(3)15(13)10-14/h6-7,10-12H,8-9H2,1-5H3/t11-,12-/m1/s1. The molecule has 0 radical (unpaired) electrons. The largest absolute Gasteiger partial charge is 0.374 e. The van der Waals surface area contributed by atoms with E-state index >= 15 is 0 Å². The number of hydrogen-bond acceptors (Lipinski definition) is 4. The highest BCUT2D eigenvalue weighted by atomic mass is 32.2. The van der Waals surface area contributed by atoms with Crippen molar-refractivity contribution in [2.75, 3.05) is 31.8 Å². The van der Waals surface area contributed by atoms with Gasteiger partial charge >= 0.3 is 0 Å². The van der Waals surface area contributed by atoms with Crippen molar-refractivity contribution in [3.8, 4) is 0 Å². The number of carbonyl (C=O) groups excluding carboxylic acids is 1. The molecule has 6 heteroatoms. The minimum atomic E-state index is -3.18. The van der Waals surface area contributed by atoms with Crippen LogP contribution >= 0.6 is 0 Å². The molecule has 1 aromatic rings. The van der Waals surface area contributed by atoms with Gasteiger partial charge in [0, 0.05) is 44.2 Å². The van der Waals surface area contributed by atoms with Gasteiger partial charge in [-0.25, -0.2) is 8.42 Å². The lowest BCUT2D eigenvalue weighted by atomic mass is 10.1. The van der Waals surface area contributed by atoms with E-state index in [0.29, 0.717) is 5.56 Å². The summed E-state index contributed by atoms with van der Waals surface area (Å²) in [6.45, 7) is 4.37. The molecule has 5 nitrogen and oxygen atoms in total. The Morgan fingerprint density at radius 2 is 1.95 bits per heavy atom. The van der Waals surface area contributed by atoms with Gasteiger partial charge in [-0.3, -0.25) is 4.79 Å². The molecular weight excluding hydrogens is 300 g/mol. The molecule has 0 saturated heterocycles. The Labute approximate surface area is 132 Å². The lowest BCUT2D eigenvalue weighted by molar-refractivity contribution is 0.0743. The Kier molecular flexibility index (Phi) is 4.52. The average molecular weight is 324 g/mol. The lowest BCUT2D eigenvalue weighted by Crippen LogP contribution is -2.44. The van der Waals surface area contributed by atoms with Crippen LogP contribution in [-0.4, -0.2) is 57.4 Å². The van der Waals surface area contributed by atoms with Crippen molar-refractivity contribution in [3.05, 3.63) is 29.3 Å². The van der Waals surface area contributed by atoms with Crippen molar-refractivity contribution in [3.63, 3.8) is 0 Å². The first-order chi connectivity index (χ1) is 10.1. The summed E-state index contributed by atoms with van der Waals surface area (Å²) in [5, 5.41) is -0.599. The third-order valence-electron chi connectivity index (χ3n) is 4.75. The Hall–Kier alpha value is -1.56. The number of benzene rings is 1. The molecule has 0 N–H and O–H groups in total. The number of likely N-dealkylation sites (N-methyl/N-ethyl adjacent to an activating group) is 1. The second-order valence-electron chi connectivity index (χ2n) is 6.21. The summed E-state index contributed by atoms with van der Waals surface area (Å²) in [5.41, 5.74) is 2.94. The van der Waals surface area contributed by atoms with E-state index in [0.717, 1.165) is 18.7 Å². The zero-order valence-electron chi connectivity index (χ0n) is 13.8. The van der Waals surface area contributed by atoms with Crippen molar-refractivity contribution in [1.82, 2.24) is 4.90 Å². The highest BCUT2D eigenvalue weighted by molar-refractivity contribution is 7.91. The van der Waals surface area contributed by atoms with Crippen LogP contribution < -0.4 is 4.90 Å². The Morgan fingerprint density at radius 1 is 1.32 bits per heavy atom. The molecule has 0 unspecified atom stereocenters. The highest BCUT2D eigenvalue weighted by Gasteiger charge is 2.29. The Balaban J connectivity index is 2.23. The number of nitrogens with zero attached hydrogens (tertiary/aromatic N) is 2. The van der Waals surface area contributed by atoms with Gasteiger partial charge in [-0.15, -0.1) is 0 Å². The summed E-state index contributed by atoms with van der Waals surface area (Å²) in [6.07, 6.45) is 2.20. The first-order valence-electron chi connectivity index (χ1n) is 7.43. The van der Waals surface area contributed by atoms with Crippen LogP contribution in [0.2, 0.25) is 0 Å². The molecule has 1 heterocycles. The molecule has 0 spiro atoms. The number of fused-ring (bicyclic) bond motifs is 1. The highest BCUT2D eigenvalue weighted by Crippen LogP contribution is 2.28. The van der Waals surface area contributed by atoms with Crippen LogP contribution in [0, 0.1) is 0 Å². The number of hydrogen-bond donors (Lipinski definition) is 0. The van der Waals surface area contributed by atoms with E-state index in [-0.39, 0.29) is 11.9 Å². The maximum Gasteiger partial charge on any atom is 0.253 e. The van der Waals surface area contributed by atoms with Gasteiger partial charge < -0.3 is 9.80 Å². The summed E-state index contributed by atoms with van der Waals surface area (Å²) in [7, 11) is 0.487. The van der Waals surface area contributed by atoms with Crippen molar-refractivity contribution >= 4 is 21.4 Å². The van der Waals surface area contributed by atoms with Crippen LogP contribution in [-0.2, 0) is 16.3 Å². The molecule has 22 heavy (non-hydrogen) atoms. The van der Waals surface area contributed by atoms with Gasteiger partial charge in [0.1, 0.15) is 0 Å². The fourth-order valence-electron chi connectivity index (χ4n) is 2.73. The average Bonchev–Trinajstić information content (AvgIpc) is 2.84. The number of sulfone groups is 1. The van der Waals surface area contributed by atoms with Crippen LogP contribution in [0.3, 0.4) is 0 Å². The van der Waals surface area contributed by atoms with Crippen molar-refractivity contribution in [2.24, 2.45) is 0 Å². The van der Waals surface area contributed by atoms with Crippen LogP contribution in [0.5, 0.6) is 0 Å². The van der Waals surface area contributed by atoms with E-state index in [2.05, 4.69) is 4.90 Å². The van der Waals surface area contributed by atoms with E-state index in [1.165, 1.54) is 16.7 Å². The van der Waals surface area contributed by atoms with Gasteiger partial charge in [0.15, 0.2) is 9.84 Å². The number of amides is 1. The molecule has 1 aliphatic heterocycles. The molecule has 0 aliphatic carbocycles. The second-order valence-corrected chi connectivity index (χ2v) is 8.61. The molecule has 1 aromatic carbocycles. The monoisotopic (exact) mass is 324 g/mol. The number of anilines is 1. The molecule has 2 rings (SSSR count). The fourth-order valence-corrected chi connectivity index (χ4v) is 3.63. The summed E-state index contributed by atoms with van der Waals surface area (Å²) < 4.78 is 23.4. The first kappa shape index (κ1) is 16.8. The van der Waals surface area contributed by atoms with Gasteiger partial charge in [0.05, 0.1) is 5.25 Å². The Morgan fingerprint density at radius 3 is 2.55 bits per heavy atom. The lowest BCUT2D eigenvalue weighted by Gasteiger charge is -2.29. The molecular formula is C16H24N2O3S. The number of rotatable bonds is 4. The minimum absolute atomic E-state index is 0.147. The maximum absolute atomic E-state index is 12.6. The number of carbonyl (C=O) groups is 1. The van der Waals surface area contributed by atoms with Gasteiger partial charge in [-0.2, -0.15) is 0 Å².